The number of benzene rings is 1. The molecular formula is C9H10Cl2N2O2S. The van der Waals surface area contributed by atoms with Crippen molar-refractivity contribution in [3.05, 3.63) is 34.9 Å². The summed E-state index contributed by atoms with van der Waals surface area (Å²) in [6, 6.07) is 7.06. The van der Waals surface area contributed by atoms with Gasteiger partial charge in [-0.15, -0.1) is 0 Å². The zero-order valence-electron chi connectivity index (χ0n) is 8.15. The second-order valence-electron chi connectivity index (χ2n) is 3.58. The van der Waals surface area contributed by atoms with Crippen molar-refractivity contribution in [3.8, 4) is 0 Å². The molecule has 1 saturated heterocycles. The van der Waals surface area contributed by atoms with Crippen LogP contribution in [0.25, 0.3) is 0 Å². The zero-order chi connectivity index (χ0) is 11.8. The molecule has 0 radical (unpaired) electrons. The average Bonchev–Trinajstić information content (AvgIpc) is 2.66. The van der Waals surface area contributed by atoms with E-state index in [1.54, 1.807) is 24.3 Å². The minimum Gasteiger partial charge on any atom is -0.256 e. The lowest BCUT2D eigenvalue weighted by atomic mass is 10.0. The van der Waals surface area contributed by atoms with E-state index >= 15 is 0 Å². The van der Waals surface area contributed by atoms with Crippen molar-refractivity contribution in [3.63, 3.8) is 0 Å². The van der Waals surface area contributed by atoms with E-state index in [1.807, 2.05) is 0 Å². The number of rotatable bonds is 2. The van der Waals surface area contributed by atoms with Crippen LogP contribution in [0.4, 0.5) is 0 Å². The topological polar surface area (TPSA) is 58.2 Å². The highest BCUT2D eigenvalue weighted by molar-refractivity contribution is 8.14. The molecule has 1 aliphatic rings. The molecule has 16 heavy (non-hydrogen) atoms. The average molecular weight is 281 g/mol. The third-order valence-corrected chi connectivity index (χ3v) is 4.41. The molecular weight excluding hydrogens is 271 g/mol. The molecule has 0 amide bonds. The smallest absolute Gasteiger partial charge is 0.250 e. The molecule has 1 heterocycles. The Morgan fingerprint density at radius 1 is 1.25 bits per heavy atom. The highest BCUT2D eigenvalue weighted by Gasteiger charge is 2.37. The molecule has 2 rings (SSSR count). The van der Waals surface area contributed by atoms with Crippen LogP contribution in [0.1, 0.15) is 11.5 Å². The molecule has 1 aromatic rings. The van der Waals surface area contributed by atoms with Gasteiger partial charge in [0.15, 0.2) is 0 Å². The summed E-state index contributed by atoms with van der Waals surface area (Å²) in [6.07, 6.45) is 0. The van der Waals surface area contributed by atoms with Gasteiger partial charge in [0.2, 0.25) is 9.05 Å². The van der Waals surface area contributed by atoms with Crippen LogP contribution < -0.4 is 10.9 Å². The molecule has 4 nitrogen and oxygen atoms in total. The van der Waals surface area contributed by atoms with Crippen LogP contribution in [0.15, 0.2) is 24.3 Å². The third-order valence-electron chi connectivity index (χ3n) is 2.53. The minimum atomic E-state index is -3.64. The highest BCUT2D eigenvalue weighted by atomic mass is 35.7. The first-order valence-electron chi connectivity index (χ1n) is 4.66. The summed E-state index contributed by atoms with van der Waals surface area (Å²) in [5, 5.41) is -0.191. The van der Waals surface area contributed by atoms with Gasteiger partial charge in [0, 0.05) is 28.2 Å². The second-order valence-corrected chi connectivity index (χ2v) is 6.77. The van der Waals surface area contributed by atoms with Gasteiger partial charge in [-0.3, -0.25) is 5.43 Å². The Balaban J connectivity index is 2.30. The first-order chi connectivity index (χ1) is 7.48. The molecule has 1 aliphatic heterocycles. The van der Waals surface area contributed by atoms with Crippen molar-refractivity contribution >= 4 is 31.3 Å². The number of hydrazine groups is 1. The summed E-state index contributed by atoms with van der Waals surface area (Å²) in [5.41, 5.74) is 6.34. The van der Waals surface area contributed by atoms with Gasteiger partial charge in [-0.25, -0.2) is 13.8 Å². The fourth-order valence-electron chi connectivity index (χ4n) is 1.75. The molecule has 1 aromatic carbocycles. The van der Waals surface area contributed by atoms with E-state index in [4.69, 9.17) is 22.3 Å². The molecule has 0 saturated carbocycles. The standard InChI is InChI=1S/C9H10Cl2N2O2S/c10-7-3-1-6(2-4-7)8-5-12-13-9(8)16(11,14)15/h1-4,8-9,12-13H,5H2. The number of halogens is 2. The zero-order valence-corrected chi connectivity index (χ0v) is 10.5. The molecule has 1 fully saturated rings. The molecule has 0 bridgehead atoms. The predicted molar refractivity (Wildman–Crippen MR) is 63.9 cm³/mol. The van der Waals surface area contributed by atoms with Crippen molar-refractivity contribution in [2.45, 2.75) is 11.3 Å². The summed E-state index contributed by atoms with van der Waals surface area (Å²) >= 11 is 5.77. The molecule has 2 atom stereocenters. The van der Waals surface area contributed by atoms with Crippen LogP contribution >= 0.6 is 22.3 Å². The predicted octanol–water partition coefficient (Wildman–Crippen LogP) is 1.43. The maximum Gasteiger partial charge on any atom is 0.250 e. The van der Waals surface area contributed by atoms with Gasteiger partial charge in [0.1, 0.15) is 5.37 Å². The van der Waals surface area contributed by atoms with Gasteiger partial charge < -0.3 is 0 Å². The van der Waals surface area contributed by atoms with Gasteiger partial charge in [-0.2, -0.15) is 0 Å². The number of hydrogen-bond donors (Lipinski definition) is 2. The van der Waals surface area contributed by atoms with Crippen LogP contribution in [0.2, 0.25) is 5.02 Å². The quantitative estimate of drug-likeness (QED) is 0.805. The number of nitrogens with one attached hydrogen (secondary N) is 2. The SMILES string of the molecule is O=S(=O)(Cl)C1NNCC1c1ccc(Cl)cc1. The Morgan fingerprint density at radius 2 is 1.88 bits per heavy atom. The fraction of sp³-hybridized carbons (Fsp3) is 0.333. The molecule has 2 N–H and O–H groups in total. The first-order valence-corrected chi connectivity index (χ1v) is 7.41. The summed E-state index contributed by atoms with van der Waals surface area (Å²) < 4.78 is 22.6. The summed E-state index contributed by atoms with van der Waals surface area (Å²) in [5.74, 6) is -0.209. The molecule has 0 aliphatic carbocycles. The Labute approximate surface area is 103 Å². The maximum atomic E-state index is 11.3. The minimum absolute atomic E-state index is 0.209. The lowest BCUT2D eigenvalue weighted by Crippen LogP contribution is -2.35. The molecule has 0 spiro atoms. The second kappa shape index (κ2) is 4.50. The Bertz CT molecular complexity index is 475. The summed E-state index contributed by atoms with van der Waals surface area (Å²) in [4.78, 5) is 0. The van der Waals surface area contributed by atoms with Crippen molar-refractivity contribution < 1.29 is 8.42 Å². The van der Waals surface area contributed by atoms with E-state index in [0.29, 0.717) is 11.6 Å². The number of hydrogen-bond acceptors (Lipinski definition) is 4. The lowest BCUT2D eigenvalue weighted by Gasteiger charge is -2.15. The monoisotopic (exact) mass is 280 g/mol. The van der Waals surface area contributed by atoms with Crippen molar-refractivity contribution in [1.29, 1.82) is 0 Å². The normalized spacial score (nSPS) is 25.9. The van der Waals surface area contributed by atoms with Crippen LogP contribution in [-0.4, -0.2) is 20.3 Å². The summed E-state index contributed by atoms with van der Waals surface area (Å²) in [6.45, 7) is 0.512. The van der Waals surface area contributed by atoms with E-state index in [-0.39, 0.29) is 5.92 Å². The van der Waals surface area contributed by atoms with Gasteiger partial charge in [-0.05, 0) is 17.7 Å². The molecule has 0 aromatic heterocycles. The largest absolute Gasteiger partial charge is 0.256 e. The van der Waals surface area contributed by atoms with E-state index < -0.39 is 14.4 Å². The van der Waals surface area contributed by atoms with E-state index in [2.05, 4.69) is 10.9 Å². The van der Waals surface area contributed by atoms with E-state index in [1.165, 1.54) is 0 Å². The van der Waals surface area contributed by atoms with Gasteiger partial charge in [0.05, 0.1) is 0 Å². The molecule has 88 valence electrons. The van der Waals surface area contributed by atoms with Gasteiger partial charge >= 0.3 is 0 Å². The van der Waals surface area contributed by atoms with Crippen molar-refractivity contribution in [2.75, 3.05) is 6.54 Å². The Kier molecular flexibility index (Phi) is 3.42. The van der Waals surface area contributed by atoms with Gasteiger partial charge in [-0.1, -0.05) is 23.7 Å². The van der Waals surface area contributed by atoms with Crippen molar-refractivity contribution in [2.24, 2.45) is 0 Å². The van der Waals surface area contributed by atoms with E-state index in [9.17, 15) is 8.42 Å². The van der Waals surface area contributed by atoms with Crippen LogP contribution in [0, 0.1) is 0 Å². The van der Waals surface area contributed by atoms with Crippen LogP contribution in [-0.2, 0) is 9.05 Å². The van der Waals surface area contributed by atoms with Crippen molar-refractivity contribution in [1.82, 2.24) is 10.9 Å². The van der Waals surface area contributed by atoms with Gasteiger partial charge in [0.25, 0.3) is 0 Å². The molecule has 7 heteroatoms. The third kappa shape index (κ3) is 2.49. The first kappa shape index (κ1) is 12.1. The fourth-order valence-corrected chi connectivity index (χ4v) is 3.25. The lowest BCUT2D eigenvalue weighted by molar-refractivity contribution is 0.566. The van der Waals surface area contributed by atoms with Crippen LogP contribution in [0.3, 0.4) is 0 Å². The Morgan fingerprint density at radius 3 is 2.44 bits per heavy atom. The summed E-state index contributed by atoms with van der Waals surface area (Å²) in [7, 11) is 1.71. The molecule has 2 unspecified atom stereocenters. The van der Waals surface area contributed by atoms with E-state index in [0.717, 1.165) is 5.56 Å². The highest BCUT2D eigenvalue weighted by Crippen LogP contribution is 2.28. The Hall–Kier alpha value is -0.330. The maximum absolute atomic E-state index is 11.3. The van der Waals surface area contributed by atoms with Crippen LogP contribution in [0.5, 0.6) is 0 Å².